The maximum absolute atomic E-state index is 13.8. The van der Waals surface area contributed by atoms with Crippen molar-refractivity contribution in [1.82, 2.24) is 10.3 Å². The molecule has 4 rings (SSSR count). The van der Waals surface area contributed by atoms with Crippen LogP contribution in [0, 0.1) is 12.7 Å². The molecule has 3 heterocycles. The predicted octanol–water partition coefficient (Wildman–Crippen LogP) is 4.18. The van der Waals surface area contributed by atoms with Crippen molar-refractivity contribution in [3.05, 3.63) is 53.0 Å². The summed E-state index contributed by atoms with van der Waals surface area (Å²) in [5, 5.41) is 14.2. The van der Waals surface area contributed by atoms with Gasteiger partial charge in [-0.1, -0.05) is 31.8 Å². The summed E-state index contributed by atoms with van der Waals surface area (Å²) in [6.45, 7) is 9.81. The van der Waals surface area contributed by atoms with Gasteiger partial charge in [-0.25, -0.2) is 14.2 Å². The fourth-order valence-electron chi connectivity index (χ4n) is 4.92. The molecule has 1 aromatic carbocycles. The van der Waals surface area contributed by atoms with Crippen molar-refractivity contribution in [3.8, 4) is 0 Å². The highest BCUT2D eigenvalue weighted by atomic mass is 28.3. The summed E-state index contributed by atoms with van der Waals surface area (Å²) in [6.07, 6.45) is 1.23. The number of amides is 3. The van der Waals surface area contributed by atoms with Gasteiger partial charge in [0.25, 0.3) is 5.91 Å². The number of rotatable bonds is 9. The Bertz CT molecular complexity index is 1260. The van der Waals surface area contributed by atoms with Gasteiger partial charge in [0.2, 0.25) is 5.91 Å². The standard InChI is InChI=1S/C27H35FN4O6Si/c1-17-13-18(5-6-20(17)28)23(31-26(35)36)24(33)30-22-14-21-19(15-29-22)27(7-9-37-10-8-27)25(34)32(21)16-38-11-12-39(2,3)4/h5-6,13-15,23,31H,7-12,16H2,1-4H3,(H,35,36)(H,29,30,33). The number of anilines is 2. The fraction of sp³-hybridized carbons (Fsp3) is 0.481. The lowest BCUT2D eigenvalue weighted by Crippen LogP contribution is -2.44. The van der Waals surface area contributed by atoms with Gasteiger partial charge in [0.1, 0.15) is 24.4 Å². The van der Waals surface area contributed by atoms with Crippen LogP contribution in [0.2, 0.25) is 25.7 Å². The van der Waals surface area contributed by atoms with E-state index in [4.69, 9.17) is 9.47 Å². The van der Waals surface area contributed by atoms with Gasteiger partial charge in [0.05, 0.1) is 11.1 Å². The van der Waals surface area contributed by atoms with Gasteiger partial charge in [0, 0.05) is 45.7 Å². The summed E-state index contributed by atoms with van der Waals surface area (Å²) in [4.78, 5) is 44.4. The van der Waals surface area contributed by atoms with Crippen LogP contribution in [0.5, 0.6) is 0 Å². The highest BCUT2D eigenvalue weighted by molar-refractivity contribution is 6.76. The molecule has 1 aromatic heterocycles. The van der Waals surface area contributed by atoms with Crippen molar-refractivity contribution < 1.29 is 33.4 Å². The first-order chi connectivity index (χ1) is 18.4. The summed E-state index contributed by atoms with van der Waals surface area (Å²) >= 11 is 0. The number of nitrogens with one attached hydrogen (secondary N) is 2. The molecule has 1 atom stereocenters. The largest absolute Gasteiger partial charge is 0.465 e. The third-order valence-electron chi connectivity index (χ3n) is 7.20. The van der Waals surface area contributed by atoms with Gasteiger partial charge in [-0.2, -0.15) is 0 Å². The Hall–Kier alpha value is -3.35. The first-order valence-electron chi connectivity index (χ1n) is 13.0. The minimum Gasteiger partial charge on any atom is -0.465 e. The molecule has 2 aliphatic rings. The number of hydrogen-bond acceptors (Lipinski definition) is 6. The van der Waals surface area contributed by atoms with Gasteiger partial charge in [-0.3, -0.25) is 14.5 Å². The van der Waals surface area contributed by atoms with E-state index in [2.05, 4.69) is 35.3 Å². The number of pyridine rings is 1. The molecular weight excluding hydrogens is 523 g/mol. The Morgan fingerprint density at radius 1 is 1.26 bits per heavy atom. The Kier molecular flexibility index (Phi) is 8.38. The monoisotopic (exact) mass is 558 g/mol. The van der Waals surface area contributed by atoms with E-state index in [1.54, 1.807) is 17.2 Å². The molecule has 3 N–H and O–H groups in total. The Labute approximate surface area is 227 Å². The van der Waals surface area contributed by atoms with E-state index in [9.17, 15) is 23.9 Å². The molecule has 2 aromatic rings. The summed E-state index contributed by atoms with van der Waals surface area (Å²) < 4.78 is 25.3. The molecule has 12 heteroatoms. The first kappa shape index (κ1) is 28.6. The maximum atomic E-state index is 13.8. The van der Waals surface area contributed by atoms with Crippen molar-refractivity contribution in [3.63, 3.8) is 0 Å². The molecule has 1 unspecified atom stereocenters. The van der Waals surface area contributed by atoms with Crippen LogP contribution in [0.3, 0.4) is 0 Å². The van der Waals surface area contributed by atoms with Gasteiger partial charge < -0.3 is 25.2 Å². The number of fused-ring (bicyclic) bond motifs is 2. The van der Waals surface area contributed by atoms with E-state index in [1.807, 2.05) is 0 Å². The van der Waals surface area contributed by atoms with Crippen molar-refractivity contribution in [2.75, 3.05) is 36.8 Å². The quantitative estimate of drug-likeness (QED) is 0.311. The number of nitrogens with zero attached hydrogens (tertiary/aromatic N) is 2. The van der Waals surface area contributed by atoms with E-state index >= 15 is 0 Å². The highest BCUT2D eigenvalue weighted by Gasteiger charge is 2.52. The lowest BCUT2D eigenvalue weighted by molar-refractivity contribution is -0.127. The van der Waals surface area contributed by atoms with Gasteiger partial charge in [-0.05, 0) is 43.0 Å². The Morgan fingerprint density at radius 3 is 2.62 bits per heavy atom. The predicted molar refractivity (Wildman–Crippen MR) is 146 cm³/mol. The molecule has 1 fully saturated rings. The summed E-state index contributed by atoms with van der Waals surface area (Å²) in [6, 6.07) is 5.22. The number of carbonyl (C=O) groups is 3. The number of aromatic nitrogens is 1. The van der Waals surface area contributed by atoms with Crippen molar-refractivity contribution in [2.45, 2.75) is 56.9 Å². The van der Waals surface area contributed by atoms with E-state index in [0.29, 0.717) is 38.3 Å². The second-order valence-corrected chi connectivity index (χ2v) is 16.9. The average molecular weight is 559 g/mol. The molecule has 1 spiro atoms. The zero-order valence-electron chi connectivity index (χ0n) is 22.7. The number of halogens is 1. The molecule has 0 bridgehead atoms. The van der Waals surface area contributed by atoms with Crippen LogP contribution in [0.15, 0.2) is 30.5 Å². The smallest absolute Gasteiger partial charge is 0.405 e. The number of benzene rings is 1. The van der Waals surface area contributed by atoms with Crippen LogP contribution in [0.4, 0.5) is 20.7 Å². The lowest BCUT2D eigenvalue weighted by atomic mass is 9.76. The Morgan fingerprint density at radius 2 is 1.97 bits per heavy atom. The highest BCUT2D eigenvalue weighted by Crippen LogP contribution is 2.48. The number of carboxylic acid groups (broad SMARTS) is 1. The molecule has 39 heavy (non-hydrogen) atoms. The van der Waals surface area contributed by atoms with Crippen LogP contribution < -0.4 is 15.5 Å². The summed E-state index contributed by atoms with van der Waals surface area (Å²) in [7, 11) is -1.32. The fourth-order valence-corrected chi connectivity index (χ4v) is 5.68. The van der Waals surface area contributed by atoms with E-state index < -0.39 is 37.3 Å². The van der Waals surface area contributed by atoms with Gasteiger partial charge >= 0.3 is 6.09 Å². The second-order valence-electron chi connectivity index (χ2n) is 11.2. The summed E-state index contributed by atoms with van der Waals surface area (Å²) in [5.74, 6) is -1.09. The molecule has 10 nitrogen and oxygen atoms in total. The lowest BCUT2D eigenvalue weighted by Gasteiger charge is -2.32. The normalized spacial score (nSPS) is 17.2. The SMILES string of the molecule is Cc1cc(C(NC(=O)O)C(=O)Nc2cc3c(cn2)C2(CCOCC2)C(=O)N3COCC[Si](C)(C)C)ccc1F. The third kappa shape index (κ3) is 6.29. The van der Waals surface area contributed by atoms with Crippen LogP contribution in [-0.2, 0) is 24.5 Å². The van der Waals surface area contributed by atoms with E-state index in [-0.39, 0.29) is 29.6 Å². The molecule has 1 saturated heterocycles. The Balaban J connectivity index is 1.60. The molecule has 0 radical (unpaired) electrons. The number of ether oxygens (including phenoxy) is 2. The minimum atomic E-state index is -1.41. The zero-order chi connectivity index (χ0) is 28.4. The molecule has 2 aliphatic heterocycles. The van der Waals surface area contributed by atoms with Crippen LogP contribution in [0.25, 0.3) is 0 Å². The maximum Gasteiger partial charge on any atom is 0.405 e. The van der Waals surface area contributed by atoms with Crippen molar-refractivity contribution in [2.24, 2.45) is 0 Å². The molecule has 0 aliphatic carbocycles. The number of hydrogen-bond donors (Lipinski definition) is 3. The third-order valence-corrected chi connectivity index (χ3v) is 8.91. The van der Waals surface area contributed by atoms with E-state index in [1.165, 1.54) is 25.1 Å². The van der Waals surface area contributed by atoms with E-state index in [0.717, 1.165) is 11.6 Å². The number of carbonyl (C=O) groups excluding carboxylic acids is 2. The second kappa shape index (κ2) is 11.4. The molecule has 210 valence electrons. The van der Waals surface area contributed by atoms with Gasteiger partial charge in [-0.15, -0.1) is 0 Å². The summed E-state index contributed by atoms with van der Waals surface area (Å²) in [5.41, 5.74) is 1.16. The molecular formula is C27H35FN4O6Si. The molecule has 0 saturated carbocycles. The topological polar surface area (TPSA) is 130 Å². The van der Waals surface area contributed by atoms with Crippen molar-refractivity contribution >= 4 is 37.5 Å². The van der Waals surface area contributed by atoms with Crippen LogP contribution in [0.1, 0.15) is 35.6 Å². The van der Waals surface area contributed by atoms with Gasteiger partial charge in [0.15, 0.2) is 0 Å². The average Bonchev–Trinajstić information content (AvgIpc) is 3.08. The molecule has 3 amide bonds. The van der Waals surface area contributed by atoms with Crippen molar-refractivity contribution in [1.29, 1.82) is 0 Å². The first-order valence-corrected chi connectivity index (χ1v) is 16.7. The zero-order valence-corrected chi connectivity index (χ0v) is 23.7. The van der Waals surface area contributed by atoms with Crippen LogP contribution in [-0.4, -0.2) is 62.6 Å². The van der Waals surface area contributed by atoms with Crippen LogP contribution >= 0.6 is 0 Å². The number of aryl methyl sites for hydroxylation is 1. The minimum absolute atomic E-state index is 0.0775.